The van der Waals surface area contributed by atoms with Crippen LogP contribution in [-0.2, 0) is 0 Å². The van der Waals surface area contributed by atoms with Crippen LogP contribution < -0.4 is 5.01 Å². The first kappa shape index (κ1) is 12.6. The van der Waals surface area contributed by atoms with Crippen molar-refractivity contribution in [1.29, 1.82) is 0 Å². The molecule has 1 unspecified atom stereocenters. The van der Waals surface area contributed by atoms with Crippen molar-refractivity contribution in [2.75, 3.05) is 12.1 Å². The van der Waals surface area contributed by atoms with Gasteiger partial charge >= 0.3 is 0 Å². The van der Waals surface area contributed by atoms with E-state index >= 15 is 0 Å². The van der Waals surface area contributed by atoms with Gasteiger partial charge in [-0.25, -0.2) is 5.01 Å². The van der Waals surface area contributed by atoms with Gasteiger partial charge in [0.05, 0.1) is 11.4 Å². The van der Waals surface area contributed by atoms with E-state index < -0.39 is 0 Å². The molecule has 0 N–H and O–H groups in total. The highest BCUT2D eigenvalue weighted by molar-refractivity contribution is 6.31. The predicted molar refractivity (Wildman–Crippen MR) is 84.2 cm³/mol. The van der Waals surface area contributed by atoms with Gasteiger partial charge in [-0.3, -0.25) is 9.80 Å². The number of carbonyl (C=O) groups is 1. The Morgan fingerprint density at radius 3 is 2.62 bits per heavy atom. The van der Waals surface area contributed by atoms with Crippen LogP contribution in [0.25, 0.3) is 5.70 Å². The second kappa shape index (κ2) is 4.45. The molecule has 4 rings (SSSR count). The van der Waals surface area contributed by atoms with Gasteiger partial charge in [-0.15, -0.1) is 0 Å². The van der Waals surface area contributed by atoms with Crippen LogP contribution in [-0.4, -0.2) is 23.9 Å². The summed E-state index contributed by atoms with van der Waals surface area (Å²) in [4.78, 5) is 12.6. The van der Waals surface area contributed by atoms with Crippen molar-refractivity contribution in [2.24, 2.45) is 0 Å². The lowest BCUT2D eigenvalue weighted by Crippen LogP contribution is -2.47. The van der Waals surface area contributed by atoms with Crippen LogP contribution in [0.3, 0.4) is 0 Å². The van der Waals surface area contributed by atoms with Gasteiger partial charge in [-0.1, -0.05) is 41.9 Å². The molecule has 2 aliphatic heterocycles. The minimum Gasteiger partial charge on any atom is -0.292 e. The van der Waals surface area contributed by atoms with Crippen molar-refractivity contribution in [3.63, 3.8) is 0 Å². The Hall–Kier alpha value is -2.10. The molecule has 0 saturated carbocycles. The van der Waals surface area contributed by atoms with E-state index in [0.717, 1.165) is 16.9 Å². The first-order chi connectivity index (χ1) is 10.2. The van der Waals surface area contributed by atoms with E-state index in [1.807, 2.05) is 48.5 Å². The largest absolute Gasteiger partial charge is 0.292 e. The molecule has 104 valence electrons. The Kier molecular flexibility index (Phi) is 2.67. The van der Waals surface area contributed by atoms with Gasteiger partial charge in [0.1, 0.15) is 6.04 Å². The zero-order valence-electron chi connectivity index (χ0n) is 11.5. The maximum atomic E-state index is 12.6. The SMILES string of the molecule is CN1C2C=C(c3ccccc3)N1c1ccc(Cl)cc1C2=O. The number of carbonyl (C=O) groups excluding carboxylic acids is 1. The highest BCUT2D eigenvalue weighted by atomic mass is 35.5. The van der Waals surface area contributed by atoms with E-state index in [-0.39, 0.29) is 11.8 Å². The number of likely N-dealkylation sites (N-methyl/N-ethyl adjacent to an activating group) is 1. The summed E-state index contributed by atoms with van der Waals surface area (Å²) in [6, 6.07) is 15.3. The maximum absolute atomic E-state index is 12.6. The van der Waals surface area contributed by atoms with E-state index in [0.29, 0.717) is 10.6 Å². The normalized spacial score (nSPS) is 20.5. The third-order valence-corrected chi connectivity index (χ3v) is 4.29. The maximum Gasteiger partial charge on any atom is 0.187 e. The first-order valence-corrected chi connectivity index (χ1v) is 7.18. The molecular weight excluding hydrogens is 284 g/mol. The summed E-state index contributed by atoms with van der Waals surface area (Å²) in [5.74, 6) is 0.0946. The van der Waals surface area contributed by atoms with Crippen molar-refractivity contribution in [2.45, 2.75) is 6.04 Å². The molecule has 2 heterocycles. The van der Waals surface area contributed by atoms with Gasteiger partial charge < -0.3 is 0 Å². The lowest BCUT2D eigenvalue weighted by Gasteiger charge is -2.37. The Morgan fingerprint density at radius 2 is 1.86 bits per heavy atom. The van der Waals surface area contributed by atoms with Crippen LogP contribution in [0.1, 0.15) is 15.9 Å². The van der Waals surface area contributed by atoms with Crippen molar-refractivity contribution >= 4 is 28.8 Å². The average molecular weight is 297 g/mol. The van der Waals surface area contributed by atoms with E-state index in [4.69, 9.17) is 11.6 Å². The van der Waals surface area contributed by atoms with Gasteiger partial charge in [0.25, 0.3) is 0 Å². The zero-order chi connectivity index (χ0) is 14.6. The molecule has 2 aromatic carbocycles. The fraction of sp³-hybridized carbons (Fsp3) is 0.118. The van der Waals surface area contributed by atoms with Crippen molar-refractivity contribution in [3.8, 4) is 0 Å². The smallest absolute Gasteiger partial charge is 0.187 e. The summed E-state index contributed by atoms with van der Waals surface area (Å²) >= 11 is 6.05. The van der Waals surface area contributed by atoms with E-state index in [2.05, 4.69) is 17.1 Å². The Labute approximate surface area is 128 Å². The molecule has 0 fully saturated rings. The number of rotatable bonds is 1. The minimum absolute atomic E-state index is 0.0946. The number of fused-ring (bicyclic) bond motifs is 4. The number of Topliss-reactive ketones (excluding diaryl/α,β-unsaturated/α-hetero) is 1. The van der Waals surface area contributed by atoms with Gasteiger partial charge in [-0.05, 0) is 29.8 Å². The Balaban J connectivity index is 1.92. The average Bonchev–Trinajstić information content (AvgIpc) is 2.78. The minimum atomic E-state index is -0.258. The number of hydrazine groups is 1. The monoisotopic (exact) mass is 296 g/mol. The lowest BCUT2D eigenvalue weighted by atomic mass is 10.0. The molecule has 2 aromatic rings. The fourth-order valence-corrected chi connectivity index (χ4v) is 3.22. The topological polar surface area (TPSA) is 23.6 Å². The van der Waals surface area contributed by atoms with Crippen molar-refractivity contribution in [1.82, 2.24) is 5.01 Å². The molecule has 21 heavy (non-hydrogen) atoms. The number of nitrogens with zero attached hydrogens (tertiary/aromatic N) is 2. The predicted octanol–water partition coefficient (Wildman–Crippen LogP) is 3.61. The highest BCUT2D eigenvalue weighted by Crippen LogP contribution is 2.42. The summed E-state index contributed by atoms with van der Waals surface area (Å²) < 4.78 is 0. The van der Waals surface area contributed by atoms with Crippen LogP contribution in [0.2, 0.25) is 5.02 Å². The molecule has 1 atom stereocenters. The van der Waals surface area contributed by atoms with Crippen molar-refractivity contribution < 1.29 is 4.79 Å². The second-order valence-corrected chi connectivity index (χ2v) is 5.71. The Morgan fingerprint density at radius 1 is 1.10 bits per heavy atom. The number of anilines is 1. The van der Waals surface area contributed by atoms with E-state index in [9.17, 15) is 4.79 Å². The molecule has 4 heteroatoms. The van der Waals surface area contributed by atoms with Gasteiger partial charge in [0.15, 0.2) is 5.78 Å². The molecule has 0 aromatic heterocycles. The quantitative estimate of drug-likeness (QED) is 0.803. The van der Waals surface area contributed by atoms with E-state index in [1.165, 1.54) is 0 Å². The molecule has 0 amide bonds. The summed E-state index contributed by atoms with van der Waals surface area (Å²) in [5, 5.41) is 4.65. The van der Waals surface area contributed by atoms with Gasteiger partial charge in [0, 0.05) is 17.6 Å². The molecule has 0 radical (unpaired) electrons. The number of ketones is 1. The second-order valence-electron chi connectivity index (χ2n) is 5.27. The zero-order valence-corrected chi connectivity index (χ0v) is 12.2. The Bertz CT molecular complexity index is 770. The third kappa shape index (κ3) is 1.75. The molecule has 0 spiro atoms. The summed E-state index contributed by atoms with van der Waals surface area (Å²) in [6.45, 7) is 0. The van der Waals surface area contributed by atoms with Crippen LogP contribution in [0.15, 0.2) is 54.6 Å². The third-order valence-electron chi connectivity index (χ3n) is 4.05. The standard InChI is InChI=1S/C17H13ClN2O/c1-19-16-10-15(11-5-3-2-4-6-11)20(19)14-8-7-12(18)9-13(14)17(16)21/h2-10,16H,1H3. The fourth-order valence-electron chi connectivity index (χ4n) is 3.04. The number of hydrogen-bond acceptors (Lipinski definition) is 3. The summed E-state index contributed by atoms with van der Waals surface area (Å²) in [5.41, 5.74) is 3.71. The van der Waals surface area contributed by atoms with Crippen LogP contribution in [0.4, 0.5) is 5.69 Å². The first-order valence-electron chi connectivity index (χ1n) is 6.81. The highest BCUT2D eigenvalue weighted by Gasteiger charge is 2.42. The van der Waals surface area contributed by atoms with Gasteiger partial charge in [0.2, 0.25) is 0 Å². The number of hydrogen-bond donors (Lipinski definition) is 0. The molecule has 0 aliphatic carbocycles. The molecule has 2 bridgehead atoms. The van der Waals surface area contributed by atoms with Gasteiger partial charge in [-0.2, -0.15) is 0 Å². The molecular formula is C17H13ClN2O. The number of benzene rings is 2. The number of halogens is 1. The lowest BCUT2D eigenvalue weighted by molar-refractivity contribution is 0.0889. The van der Waals surface area contributed by atoms with Crippen LogP contribution in [0, 0.1) is 0 Å². The van der Waals surface area contributed by atoms with Crippen LogP contribution >= 0.6 is 11.6 Å². The summed E-state index contributed by atoms with van der Waals surface area (Å²) in [7, 11) is 1.94. The van der Waals surface area contributed by atoms with Crippen LogP contribution in [0.5, 0.6) is 0 Å². The van der Waals surface area contributed by atoms with E-state index in [1.54, 1.807) is 6.07 Å². The van der Waals surface area contributed by atoms with Crippen molar-refractivity contribution in [3.05, 3.63) is 70.8 Å². The molecule has 3 nitrogen and oxygen atoms in total. The molecule has 2 aliphatic rings. The summed E-state index contributed by atoms with van der Waals surface area (Å²) in [6.07, 6.45) is 2.02. The molecule has 0 saturated heterocycles.